The Hall–Kier alpha value is -3.69. The van der Waals surface area contributed by atoms with Gasteiger partial charge >= 0.3 is 0 Å². The van der Waals surface area contributed by atoms with E-state index in [0.29, 0.717) is 5.25 Å². The molecule has 0 spiro atoms. The van der Waals surface area contributed by atoms with Crippen molar-refractivity contribution < 1.29 is 0 Å². The molecule has 210 valence electrons. The van der Waals surface area contributed by atoms with Gasteiger partial charge in [-0.1, -0.05) is 151 Å². The molecule has 0 bridgehead atoms. The Balaban J connectivity index is 1.21. The third-order valence-electron chi connectivity index (χ3n) is 8.06. The molecule has 3 heteroatoms. The number of allylic oxidation sites excluding steroid dienone is 10. The van der Waals surface area contributed by atoms with Crippen LogP contribution < -0.4 is 0 Å². The van der Waals surface area contributed by atoms with E-state index >= 15 is 0 Å². The molecule has 0 N–H and O–H groups in total. The van der Waals surface area contributed by atoms with Gasteiger partial charge in [0.15, 0.2) is 0 Å². The van der Waals surface area contributed by atoms with Crippen LogP contribution in [0.1, 0.15) is 46.8 Å². The van der Waals surface area contributed by atoms with Gasteiger partial charge in [-0.3, -0.25) is 0 Å². The highest BCUT2D eigenvalue weighted by Gasteiger charge is 2.21. The molecule has 0 saturated carbocycles. The fourth-order valence-corrected chi connectivity index (χ4v) is 8.50. The number of fused-ring (bicyclic) bond motifs is 2. The Labute approximate surface area is 268 Å². The second-order valence-corrected chi connectivity index (χ2v) is 13.5. The standard InChI is InChI=1S/C40H31ClS2/c41-40-30(22-24-32-26-38(28-12-3-1-4-13-28)42-36-20-9-7-18-34(32)36)16-11-17-31(40)23-25-33-27-39(29-14-5-2-6-15-29)43-37-21-10-8-19-35(33)37/h1-10,12-15,18-27,38H,11,16-17H2/b24-22+,31-23+,33-25+. The summed E-state index contributed by atoms with van der Waals surface area (Å²) in [7, 11) is 0. The molecule has 0 aromatic heterocycles. The summed E-state index contributed by atoms with van der Waals surface area (Å²) in [4.78, 5) is 3.88. The summed E-state index contributed by atoms with van der Waals surface area (Å²) in [6, 6.07) is 38.8. The van der Waals surface area contributed by atoms with Crippen LogP contribution in [0.25, 0.3) is 16.1 Å². The van der Waals surface area contributed by atoms with Crippen LogP contribution in [0.5, 0.6) is 0 Å². The molecule has 1 unspecified atom stereocenters. The van der Waals surface area contributed by atoms with Crippen molar-refractivity contribution in [3.8, 4) is 0 Å². The molecule has 0 fully saturated rings. The van der Waals surface area contributed by atoms with Gasteiger partial charge in [0.1, 0.15) is 0 Å². The molecular formula is C40H31ClS2. The van der Waals surface area contributed by atoms with Crippen molar-refractivity contribution in [1.29, 1.82) is 0 Å². The van der Waals surface area contributed by atoms with E-state index in [4.69, 9.17) is 11.6 Å². The molecule has 0 nitrogen and oxygen atoms in total. The van der Waals surface area contributed by atoms with Crippen molar-refractivity contribution in [3.05, 3.63) is 184 Å². The summed E-state index contributed by atoms with van der Waals surface area (Å²) >= 11 is 10.9. The normalized spacial score (nSPS) is 20.2. The fourth-order valence-electron chi connectivity index (χ4n) is 5.82. The van der Waals surface area contributed by atoms with Gasteiger partial charge in [0.25, 0.3) is 0 Å². The van der Waals surface area contributed by atoms with Gasteiger partial charge < -0.3 is 0 Å². The number of rotatable bonds is 5. The summed E-state index contributed by atoms with van der Waals surface area (Å²) in [5, 5.41) is 1.18. The van der Waals surface area contributed by atoms with Crippen molar-refractivity contribution >= 4 is 51.2 Å². The third-order valence-corrected chi connectivity index (χ3v) is 11.0. The summed E-state index contributed by atoms with van der Waals surface area (Å²) in [5.41, 5.74) is 10.0. The molecule has 0 amide bonds. The Kier molecular flexibility index (Phi) is 8.43. The number of hydrogen-bond acceptors (Lipinski definition) is 2. The molecule has 0 radical (unpaired) electrons. The summed E-state index contributed by atoms with van der Waals surface area (Å²) in [5.74, 6) is 0. The van der Waals surface area contributed by atoms with Crippen LogP contribution >= 0.6 is 35.1 Å². The van der Waals surface area contributed by atoms with Crippen LogP contribution in [0, 0.1) is 0 Å². The van der Waals surface area contributed by atoms with Gasteiger partial charge in [-0.05, 0) is 82.0 Å². The van der Waals surface area contributed by atoms with Crippen molar-refractivity contribution in [2.45, 2.75) is 34.3 Å². The van der Waals surface area contributed by atoms with Crippen molar-refractivity contribution in [2.24, 2.45) is 0 Å². The first-order valence-electron chi connectivity index (χ1n) is 14.8. The molecule has 3 aliphatic rings. The lowest BCUT2D eigenvalue weighted by atomic mass is 9.92. The predicted octanol–water partition coefficient (Wildman–Crippen LogP) is 12.3. The number of thioether (sulfide) groups is 2. The summed E-state index contributed by atoms with van der Waals surface area (Å²) < 4.78 is 0. The maximum Gasteiger partial charge on any atom is 0.0533 e. The molecule has 7 rings (SSSR count). The van der Waals surface area contributed by atoms with E-state index in [1.54, 1.807) is 0 Å². The lowest BCUT2D eigenvalue weighted by Gasteiger charge is -2.23. The van der Waals surface area contributed by atoms with Crippen molar-refractivity contribution in [2.75, 3.05) is 0 Å². The van der Waals surface area contributed by atoms with Crippen LogP contribution in [0.2, 0.25) is 0 Å². The van der Waals surface area contributed by atoms with Crippen LogP contribution in [-0.4, -0.2) is 0 Å². The third kappa shape index (κ3) is 6.19. The van der Waals surface area contributed by atoms with E-state index in [0.717, 1.165) is 24.3 Å². The van der Waals surface area contributed by atoms with Crippen molar-refractivity contribution in [3.63, 3.8) is 0 Å². The van der Waals surface area contributed by atoms with E-state index in [1.807, 2.05) is 23.5 Å². The van der Waals surface area contributed by atoms with Gasteiger partial charge in [0.05, 0.1) is 5.25 Å². The predicted molar refractivity (Wildman–Crippen MR) is 188 cm³/mol. The van der Waals surface area contributed by atoms with Crippen LogP contribution in [0.15, 0.2) is 172 Å². The Morgan fingerprint density at radius 2 is 1.37 bits per heavy atom. The Morgan fingerprint density at radius 3 is 2.19 bits per heavy atom. The first-order valence-corrected chi connectivity index (χ1v) is 16.9. The van der Waals surface area contributed by atoms with E-state index < -0.39 is 0 Å². The topological polar surface area (TPSA) is 0 Å². The average molecular weight is 611 g/mol. The quantitative estimate of drug-likeness (QED) is 0.220. The summed E-state index contributed by atoms with van der Waals surface area (Å²) in [6.07, 6.45) is 16.8. The van der Waals surface area contributed by atoms with E-state index in [2.05, 4.69) is 146 Å². The van der Waals surface area contributed by atoms with Gasteiger partial charge in [-0.15, -0.1) is 11.8 Å². The lowest BCUT2D eigenvalue weighted by molar-refractivity contribution is 0.792. The minimum Gasteiger partial charge on any atom is -0.113 e. The van der Waals surface area contributed by atoms with Gasteiger partial charge in [-0.2, -0.15) is 0 Å². The summed E-state index contributed by atoms with van der Waals surface area (Å²) in [6.45, 7) is 0. The first-order chi connectivity index (χ1) is 21.2. The van der Waals surface area contributed by atoms with E-state index in [9.17, 15) is 0 Å². The van der Waals surface area contributed by atoms with Crippen LogP contribution in [-0.2, 0) is 0 Å². The first kappa shape index (κ1) is 28.1. The maximum absolute atomic E-state index is 7.12. The molecule has 2 aliphatic heterocycles. The monoisotopic (exact) mass is 610 g/mol. The van der Waals surface area contributed by atoms with Crippen LogP contribution in [0.3, 0.4) is 0 Å². The van der Waals surface area contributed by atoms with Crippen molar-refractivity contribution in [1.82, 2.24) is 0 Å². The molecule has 1 aliphatic carbocycles. The van der Waals surface area contributed by atoms with Crippen LogP contribution in [0.4, 0.5) is 0 Å². The molecule has 43 heavy (non-hydrogen) atoms. The number of benzene rings is 4. The molecule has 4 aromatic carbocycles. The highest BCUT2D eigenvalue weighted by atomic mass is 35.5. The molecular weight excluding hydrogens is 580 g/mol. The highest BCUT2D eigenvalue weighted by Crippen LogP contribution is 2.47. The fraction of sp³-hybridized carbons (Fsp3) is 0.100. The number of halogens is 1. The smallest absolute Gasteiger partial charge is 0.0533 e. The molecule has 0 saturated heterocycles. The minimum absolute atomic E-state index is 0.291. The van der Waals surface area contributed by atoms with E-state index in [1.165, 1.54) is 59.2 Å². The van der Waals surface area contributed by atoms with Gasteiger partial charge in [-0.25, -0.2) is 0 Å². The second kappa shape index (κ2) is 12.9. The van der Waals surface area contributed by atoms with E-state index in [-0.39, 0.29) is 0 Å². The van der Waals surface area contributed by atoms with Gasteiger partial charge in [0.2, 0.25) is 0 Å². The lowest BCUT2D eigenvalue weighted by Crippen LogP contribution is -2.00. The molecule has 4 aromatic rings. The zero-order chi connectivity index (χ0) is 29.0. The van der Waals surface area contributed by atoms with Gasteiger partial charge in [0, 0.05) is 19.7 Å². The minimum atomic E-state index is 0.291. The molecule has 1 atom stereocenters. The largest absolute Gasteiger partial charge is 0.113 e. The zero-order valence-electron chi connectivity index (χ0n) is 23.7. The maximum atomic E-state index is 7.12. The average Bonchev–Trinajstić information content (AvgIpc) is 3.07. The number of hydrogen-bond donors (Lipinski definition) is 0. The molecule has 2 heterocycles. The second-order valence-electron chi connectivity index (χ2n) is 10.9. The Morgan fingerprint density at radius 1 is 0.674 bits per heavy atom. The Bertz CT molecular complexity index is 1840. The SMILES string of the molecule is ClC1=C(/C=C/C2=CC(c3ccccc3)Sc3ccccc32)CCC/C1=C\C=C1/C=C(c2ccccc2)Sc2ccccc21. The highest BCUT2D eigenvalue weighted by molar-refractivity contribution is 8.08. The zero-order valence-corrected chi connectivity index (χ0v) is 26.1.